The predicted octanol–water partition coefficient (Wildman–Crippen LogP) is 4.57. The van der Waals surface area contributed by atoms with Crippen molar-refractivity contribution in [1.29, 1.82) is 0 Å². The number of nitrogens with one attached hydrogen (secondary N) is 1. The SMILES string of the molecule is Cc1cc(C(=O)CCC(=O)Nc2ccccc2OC(F)F)c(C)s1. The summed E-state index contributed by atoms with van der Waals surface area (Å²) in [5, 5.41) is 2.50. The zero-order valence-electron chi connectivity index (χ0n) is 13.3. The third-order valence-electron chi connectivity index (χ3n) is 3.30. The molecule has 1 aromatic heterocycles. The van der Waals surface area contributed by atoms with E-state index in [4.69, 9.17) is 0 Å². The van der Waals surface area contributed by atoms with E-state index in [1.807, 2.05) is 19.9 Å². The molecule has 0 aliphatic rings. The number of Topliss-reactive ketones (excluding diaryl/α,β-unsaturated/α-hetero) is 1. The molecule has 0 saturated carbocycles. The van der Waals surface area contributed by atoms with Gasteiger partial charge < -0.3 is 10.1 Å². The van der Waals surface area contributed by atoms with E-state index >= 15 is 0 Å². The molecule has 1 N–H and O–H groups in total. The first-order chi connectivity index (χ1) is 11.4. The van der Waals surface area contributed by atoms with Gasteiger partial charge in [0.15, 0.2) is 5.78 Å². The summed E-state index contributed by atoms with van der Waals surface area (Å²) in [5.74, 6) is -0.654. The molecule has 2 rings (SSSR count). The van der Waals surface area contributed by atoms with Gasteiger partial charge in [0.2, 0.25) is 5.91 Å². The second-order valence-corrected chi connectivity index (χ2v) is 6.63. The van der Waals surface area contributed by atoms with Crippen LogP contribution in [0.3, 0.4) is 0 Å². The number of carbonyl (C=O) groups is 2. The van der Waals surface area contributed by atoms with Gasteiger partial charge in [0.1, 0.15) is 5.75 Å². The monoisotopic (exact) mass is 353 g/mol. The van der Waals surface area contributed by atoms with Crippen molar-refractivity contribution >= 4 is 28.7 Å². The lowest BCUT2D eigenvalue weighted by molar-refractivity contribution is -0.116. The molecule has 0 bridgehead atoms. The molecule has 128 valence electrons. The Hall–Kier alpha value is -2.28. The van der Waals surface area contributed by atoms with Gasteiger partial charge in [-0.2, -0.15) is 8.78 Å². The quantitative estimate of drug-likeness (QED) is 0.742. The van der Waals surface area contributed by atoms with Gasteiger partial charge in [0.05, 0.1) is 5.69 Å². The summed E-state index contributed by atoms with van der Waals surface area (Å²) in [6.45, 7) is 0.804. The fourth-order valence-electron chi connectivity index (χ4n) is 2.25. The predicted molar refractivity (Wildman–Crippen MR) is 89.1 cm³/mol. The number of amides is 1. The number of hydrogen-bond donors (Lipinski definition) is 1. The molecule has 0 radical (unpaired) electrons. The van der Waals surface area contributed by atoms with Crippen LogP contribution < -0.4 is 10.1 Å². The highest BCUT2D eigenvalue weighted by Gasteiger charge is 2.15. The van der Waals surface area contributed by atoms with Crippen molar-refractivity contribution in [3.05, 3.63) is 45.6 Å². The van der Waals surface area contributed by atoms with Crippen LogP contribution in [0.15, 0.2) is 30.3 Å². The first-order valence-corrected chi connectivity index (χ1v) is 8.12. The van der Waals surface area contributed by atoms with Gasteiger partial charge in [0, 0.05) is 28.2 Å². The minimum atomic E-state index is -2.98. The lowest BCUT2D eigenvalue weighted by Crippen LogP contribution is -2.15. The van der Waals surface area contributed by atoms with Crippen LogP contribution in [-0.2, 0) is 4.79 Å². The van der Waals surface area contributed by atoms with Gasteiger partial charge in [-0.25, -0.2) is 0 Å². The van der Waals surface area contributed by atoms with Crippen molar-refractivity contribution < 1.29 is 23.1 Å². The number of ether oxygens (including phenoxy) is 1. The molecule has 2 aromatic rings. The number of halogens is 2. The Bertz CT molecular complexity index is 743. The number of carbonyl (C=O) groups excluding carboxylic acids is 2. The molecule has 1 aromatic carbocycles. The van der Waals surface area contributed by atoms with E-state index in [2.05, 4.69) is 10.1 Å². The van der Waals surface area contributed by atoms with Crippen molar-refractivity contribution in [1.82, 2.24) is 0 Å². The van der Waals surface area contributed by atoms with Crippen molar-refractivity contribution in [3.63, 3.8) is 0 Å². The second kappa shape index (κ2) is 8.01. The maximum absolute atomic E-state index is 12.3. The number of aryl methyl sites for hydroxylation is 2. The molecule has 24 heavy (non-hydrogen) atoms. The molecule has 1 heterocycles. The fourth-order valence-corrected chi connectivity index (χ4v) is 3.19. The van der Waals surface area contributed by atoms with Gasteiger partial charge in [-0.05, 0) is 32.0 Å². The average molecular weight is 353 g/mol. The molecule has 0 unspecified atom stereocenters. The van der Waals surface area contributed by atoms with Crippen molar-refractivity contribution in [3.8, 4) is 5.75 Å². The second-order valence-electron chi connectivity index (χ2n) is 5.17. The molecular formula is C17H17F2NO3S. The van der Waals surface area contributed by atoms with Crippen LogP contribution in [-0.4, -0.2) is 18.3 Å². The van der Waals surface area contributed by atoms with Gasteiger partial charge in [-0.15, -0.1) is 11.3 Å². The Morgan fingerprint density at radius 3 is 2.54 bits per heavy atom. The smallest absolute Gasteiger partial charge is 0.387 e. The van der Waals surface area contributed by atoms with Crippen molar-refractivity contribution in [2.45, 2.75) is 33.3 Å². The molecule has 0 aliphatic carbocycles. The number of rotatable bonds is 7. The zero-order valence-corrected chi connectivity index (χ0v) is 14.1. The number of para-hydroxylation sites is 2. The van der Waals surface area contributed by atoms with Crippen LogP contribution in [0, 0.1) is 13.8 Å². The number of benzene rings is 1. The average Bonchev–Trinajstić information content (AvgIpc) is 2.85. The summed E-state index contributed by atoms with van der Waals surface area (Å²) in [6, 6.07) is 7.73. The highest BCUT2D eigenvalue weighted by atomic mass is 32.1. The van der Waals surface area contributed by atoms with Crippen LogP contribution in [0.5, 0.6) is 5.75 Å². The molecule has 7 heteroatoms. The van der Waals surface area contributed by atoms with Crippen molar-refractivity contribution in [2.75, 3.05) is 5.32 Å². The van der Waals surface area contributed by atoms with Gasteiger partial charge in [-0.1, -0.05) is 12.1 Å². The molecule has 4 nitrogen and oxygen atoms in total. The maximum atomic E-state index is 12.3. The van der Waals surface area contributed by atoms with E-state index in [0.717, 1.165) is 9.75 Å². The van der Waals surface area contributed by atoms with Crippen LogP contribution in [0.1, 0.15) is 33.0 Å². The molecular weight excluding hydrogens is 336 g/mol. The number of thiophene rings is 1. The minimum absolute atomic E-state index is 0.0316. The van der Waals surface area contributed by atoms with Gasteiger partial charge in [0.25, 0.3) is 0 Å². The molecule has 1 amide bonds. The van der Waals surface area contributed by atoms with E-state index in [9.17, 15) is 18.4 Å². The Kier molecular flexibility index (Phi) is 6.03. The summed E-state index contributed by atoms with van der Waals surface area (Å²) in [5.41, 5.74) is 0.782. The maximum Gasteiger partial charge on any atom is 0.387 e. The topological polar surface area (TPSA) is 55.4 Å². The lowest BCUT2D eigenvalue weighted by atomic mass is 10.1. The Balaban J connectivity index is 1.94. The Morgan fingerprint density at radius 1 is 1.21 bits per heavy atom. The van der Waals surface area contributed by atoms with E-state index < -0.39 is 12.5 Å². The minimum Gasteiger partial charge on any atom is -0.433 e. The third-order valence-corrected chi connectivity index (χ3v) is 4.26. The largest absolute Gasteiger partial charge is 0.433 e. The van der Waals surface area contributed by atoms with Crippen LogP contribution in [0.2, 0.25) is 0 Å². The molecule has 0 aliphatic heterocycles. The Labute approximate surface area is 142 Å². The van der Waals surface area contributed by atoms with E-state index in [0.29, 0.717) is 5.56 Å². The summed E-state index contributed by atoms with van der Waals surface area (Å²) in [4.78, 5) is 26.1. The summed E-state index contributed by atoms with van der Waals surface area (Å²) in [6.07, 6.45) is 0.0247. The summed E-state index contributed by atoms with van der Waals surface area (Å²) < 4.78 is 29.0. The van der Waals surface area contributed by atoms with E-state index in [1.54, 1.807) is 6.07 Å². The van der Waals surface area contributed by atoms with Gasteiger partial charge in [-0.3, -0.25) is 9.59 Å². The number of alkyl halides is 2. The first kappa shape index (κ1) is 18.1. The van der Waals surface area contributed by atoms with Crippen LogP contribution in [0.25, 0.3) is 0 Å². The number of ketones is 1. The Morgan fingerprint density at radius 2 is 1.92 bits per heavy atom. The first-order valence-electron chi connectivity index (χ1n) is 7.30. The van der Waals surface area contributed by atoms with Gasteiger partial charge >= 0.3 is 6.61 Å². The number of anilines is 1. The third kappa shape index (κ3) is 4.86. The van der Waals surface area contributed by atoms with E-state index in [1.165, 1.54) is 29.5 Å². The standard InChI is InChI=1S/C17H17F2NO3S/c1-10-9-12(11(2)24-10)14(21)7-8-16(22)20-13-5-3-4-6-15(13)23-17(18)19/h3-6,9,17H,7-8H2,1-2H3,(H,20,22). The molecule has 0 spiro atoms. The number of hydrogen-bond acceptors (Lipinski definition) is 4. The molecule has 0 fully saturated rings. The van der Waals surface area contributed by atoms with Crippen LogP contribution in [0.4, 0.5) is 14.5 Å². The zero-order chi connectivity index (χ0) is 17.7. The highest BCUT2D eigenvalue weighted by Crippen LogP contribution is 2.26. The molecule has 0 atom stereocenters. The highest BCUT2D eigenvalue weighted by molar-refractivity contribution is 7.12. The molecule has 0 saturated heterocycles. The van der Waals surface area contributed by atoms with E-state index in [-0.39, 0.29) is 30.1 Å². The van der Waals surface area contributed by atoms with Crippen molar-refractivity contribution in [2.24, 2.45) is 0 Å². The summed E-state index contributed by atoms with van der Waals surface area (Å²) >= 11 is 1.53. The lowest BCUT2D eigenvalue weighted by Gasteiger charge is -2.11. The normalized spacial score (nSPS) is 10.7. The fraction of sp³-hybridized carbons (Fsp3) is 0.294. The van der Waals surface area contributed by atoms with Crippen LogP contribution >= 0.6 is 11.3 Å². The summed E-state index contributed by atoms with van der Waals surface area (Å²) in [7, 11) is 0.